The first kappa shape index (κ1) is 16.6. The number of carboxylic acid groups (broad SMARTS) is 1. The molecule has 3 rings (SSSR count). The lowest BCUT2D eigenvalue weighted by Gasteiger charge is -2.27. The molecule has 1 aromatic carbocycles. The number of fused-ring (bicyclic) bond motifs is 1. The van der Waals surface area contributed by atoms with E-state index in [1.54, 1.807) is 0 Å². The third-order valence-electron chi connectivity index (χ3n) is 4.66. The quantitative estimate of drug-likeness (QED) is 0.833. The van der Waals surface area contributed by atoms with Crippen molar-refractivity contribution in [3.05, 3.63) is 28.3 Å². The van der Waals surface area contributed by atoms with E-state index in [0.29, 0.717) is 37.9 Å². The number of benzene rings is 1. The number of aliphatic carboxylic acids is 1. The Kier molecular flexibility index (Phi) is 5.41. The smallest absolute Gasteiger partial charge is 0.308 e. The van der Waals surface area contributed by atoms with Crippen molar-refractivity contribution in [3.63, 3.8) is 0 Å². The molecule has 2 N–H and O–H groups in total. The molecule has 1 aromatic rings. The van der Waals surface area contributed by atoms with Crippen molar-refractivity contribution in [2.75, 3.05) is 26.4 Å². The van der Waals surface area contributed by atoms with Crippen LogP contribution in [0.15, 0.2) is 12.1 Å². The summed E-state index contributed by atoms with van der Waals surface area (Å²) in [5, 5.41) is 13.5. The number of rotatable bonds is 6. The first-order chi connectivity index (χ1) is 11.1. The van der Waals surface area contributed by atoms with E-state index in [-0.39, 0.29) is 11.8 Å². The second kappa shape index (κ2) is 7.51. The molecule has 1 saturated heterocycles. The van der Waals surface area contributed by atoms with Gasteiger partial charge in [0, 0.05) is 43.3 Å². The van der Waals surface area contributed by atoms with E-state index >= 15 is 0 Å². The highest BCUT2D eigenvalue weighted by molar-refractivity contribution is 6.30. The van der Waals surface area contributed by atoms with Crippen LogP contribution in [0.2, 0.25) is 5.02 Å². The first-order valence-corrected chi connectivity index (χ1v) is 8.48. The lowest BCUT2D eigenvalue weighted by atomic mass is 9.86. The summed E-state index contributed by atoms with van der Waals surface area (Å²) >= 11 is 6.15. The van der Waals surface area contributed by atoms with Gasteiger partial charge in [-0.1, -0.05) is 11.6 Å². The van der Waals surface area contributed by atoms with Gasteiger partial charge in [-0.2, -0.15) is 0 Å². The molecule has 23 heavy (non-hydrogen) atoms. The average molecular weight is 340 g/mol. The van der Waals surface area contributed by atoms with Gasteiger partial charge in [0.15, 0.2) is 0 Å². The Morgan fingerprint density at radius 2 is 2.13 bits per heavy atom. The highest BCUT2D eigenvalue weighted by atomic mass is 35.5. The zero-order valence-electron chi connectivity index (χ0n) is 13.0. The molecular weight excluding hydrogens is 318 g/mol. The summed E-state index contributed by atoms with van der Waals surface area (Å²) in [7, 11) is 0. The monoisotopic (exact) mass is 339 g/mol. The molecule has 2 aliphatic heterocycles. The predicted octanol–water partition coefficient (Wildman–Crippen LogP) is 2.49. The highest BCUT2D eigenvalue weighted by Gasteiger charge is 2.29. The maximum Gasteiger partial charge on any atom is 0.308 e. The molecule has 0 aliphatic carbocycles. The minimum Gasteiger partial charge on any atom is -0.493 e. The number of carboxylic acids is 1. The molecule has 0 saturated carbocycles. The Morgan fingerprint density at radius 1 is 1.35 bits per heavy atom. The van der Waals surface area contributed by atoms with Crippen LogP contribution in [-0.2, 0) is 22.5 Å². The minimum absolute atomic E-state index is 0.176. The zero-order chi connectivity index (χ0) is 16.2. The second-order valence-corrected chi connectivity index (χ2v) is 6.61. The summed E-state index contributed by atoms with van der Waals surface area (Å²) in [5.41, 5.74) is 2.13. The molecule has 1 atom stereocenters. The Labute approximate surface area is 140 Å². The molecular formula is C17H22ClNO4. The van der Waals surface area contributed by atoms with Crippen LogP contribution in [0.1, 0.15) is 24.0 Å². The molecule has 0 spiro atoms. The molecule has 0 aromatic heterocycles. The number of hydrogen-bond acceptors (Lipinski definition) is 4. The Morgan fingerprint density at radius 3 is 2.87 bits per heavy atom. The van der Waals surface area contributed by atoms with Gasteiger partial charge in [-0.15, -0.1) is 0 Å². The van der Waals surface area contributed by atoms with E-state index in [4.69, 9.17) is 21.1 Å². The SMILES string of the molecule is O=C(O)C(CNCc1cc(Cl)cc2c1OCC2)C1CCOCC1. The first-order valence-electron chi connectivity index (χ1n) is 8.10. The average Bonchev–Trinajstić information content (AvgIpc) is 3.00. The van der Waals surface area contributed by atoms with Crippen molar-refractivity contribution < 1.29 is 19.4 Å². The van der Waals surface area contributed by atoms with Crippen LogP contribution in [0, 0.1) is 11.8 Å². The van der Waals surface area contributed by atoms with Gasteiger partial charge in [0.05, 0.1) is 12.5 Å². The summed E-state index contributed by atoms with van der Waals surface area (Å²) in [6.45, 7) is 3.01. The fraction of sp³-hybridized carbons (Fsp3) is 0.588. The third kappa shape index (κ3) is 3.97. The number of nitrogens with one attached hydrogen (secondary N) is 1. The summed E-state index contributed by atoms with van der Waals surface area (Å²) in [5.74, 6) is -0.0426. The molecule has 2 aliphatic rings. The van der Waals surface area contributed by atoms with Crippen molar-refractivity contribution >= 4 is 17.6 Å². The van der Waals surface area contributed by atoms with Gasteiger partial charge < -0.3 is 19.9 Å². The van der Waals surface area contributed by atoms with E-state index in [1.165, 1.54) is 0 Å². The van der Waals surface area contributed by atoms with E-state index in [2.05, 4.69) is 5.32 Å². The van der Waals surface area contributed by atoms with Crippen LogP contribution in [0.5, 0.6) is 5.75 Å². The molecule has 0 amide bonds. The van der Waals surface area contributed by atoms with Crippen molar-refractivity contribution in [1.82, 2.24) is 5.32 Å². The summed E-state index contributed by atoms with van der Waals surface area (Å²) in [4.78, 5) is 11.6. The van der Waals surface area contributed by atoms with Crippen LogP contribution in [0.25, 0.3) is 0 Å². The maximum atomic E-state index is 11.6. The van der Waals surface area contributed by atoms with Crippen LogP contribution >= 0.6 is 11.6 Å². The van der Waals surface area contributed by atoms with Crippen LogP contribution in [0.4, 0.5) is 0 Å². The Hall–Kier alpha value is -1.30. The zero-order valence-corrected chi connectivity index (χ0v) is 13.8. The molecule has 126 valence electrons. The molecule has 1 fully saturated rings. The van der Waals surface area contributed by atoms with Crippen molar-refractivity contribution in [2.45, 2.75) is 25.8 Å². The van der Waals surface area contributed by atoms with Crippen molar-refractivity contribution in [3.8, 4) is 5.75 Å². The number of ether oxygens (including phenoxy) is 2. The molecule has 2 heterocycles. The van der Waals surface area contributed by atoms with E-state index in [0.717, 1.165) is 36.1 Å². The largest absolute Gasteiger partial charge is 0.493 e. The molecule has 5 nitrogen and oxygen atoms in total. The van der Waals surface area contributed by atoms with E-state index < -0.39 is 5.97 Å². The third-order valence-corrected chi connectivity index (χ3v) is 4.88. The number of halogens is 1. The molecule has 0 bridgehead atoms. The summed E-state index contributed by atoms with van der Waals surface area (Å²) in [6.07, 6.45) is 2.51. The topological polar surface area (TPSA) is 67.8 Å². The standard InChI is InChI=1S/C17H22ClNO4/c18-14-7-12-3-6-23-16(12)13(8-14)9-19-10-15(17(20)21)11-1-4-22-5-2-11/h7-8,11,15,19H,1-6,9-10H2,(H,20,21). The minimum atomic E-state index is -0.739. The molecule has 1 unspecified atom stereocenters. The van der Waals surface area contributed by atoms with E-state index in [1.807, 2.05) is 12.1 Å². The van der Waals surface area contributed by atoms with Crippen molar-refractivity contribution in [2.24, 2.45) is 11.8 Å². The summed E-state index contributed by atoms with van der Waals surface area (Å²) < 4.78 is 11.0. The Balaban J connectivity index is 1.60. The van der Waals surface area contributed by atoms with E-state index in [9.17, 15) is 9.90 Å². The normalized spacial score (nSPS) is 19.2. The predicted molar refractivity (Wildman–Crippen MR) is 87.0 cm³/mol. The fourth-order valence-corrected chi connectivity index (χ4v) is 3.68. The second-order valence-electron chi connectivity index (χ2n) is 6.18. The number of hydrogen-bond donors (Lipinski definition) is 2. The van der Waals surface area contributed by atoms with Gasteiger partial charge in [0.1, 0.15) is 5.75 Å². The van der Waals surface area contributed by atoms with Crippen LogP contribution < -0.4 is 10.1 Å². The maximum absolute atomic E-state index is 11.6. The molecule has 6 heteroatoms. The summed E-state index contributed by atoms with van der Waals surface area (Å²) in [6, 6.07) is 3.83. The lowest BCUT2D eigenvalue weighted by Crippen LogP contribution is -2.36. The van der Waals surface area contributed by atoms with Gasteiger partial charge in [0.2, 0.25) is 0 Å². The van der Waals surface area contributed by atoms with Crippen LogP contribution in [0.3, 0.4) is 0 Å². The number of carbonyl (C=O) groups is 1. The van der Waals surface area contributed by atoms with Crippen molar-refractivity contribution in [1.29, 1.82) is 0 Å². The van der Waals surface area contributed by atoms with Gasteiger partial charge in [-0.25, -0.2) is 0 Å². The van der Waals surface area contributed by atoms with Gasteiger partial charge >= 0.3 is 5.97 Å². The van der Waals surface area contributed by atoms with Crippen LogP contribution in [-0.4, -0.2) is 37.4 Å². The lowest BCUT2D eigenvalue weighted by molar-refractivity contribution is -0.144. The Bertz CT molecular complexity index is 572. The van der Waals surface area contributed by atoms with Gasteiger partial charge in [-0.3, -0.25) is 4.79 Å². The molecule has 0 radical (unpaired) electrons. The fourth-order valence-electron chi connectivity index (χ4n) is 3.41. The van der Waals surface area contributed by atoms with Gasteiger partial charge in [-0.05, 0) is 36.5 Å². The highest BCUT2D eigenvalue weighted by Crippen LogP contribution is 2.33. The van der Waals surface area contributed by atoms with Gasteiger partial charge in [0.25, 0.3) is 0 Å².